The van der Waals surface area contributed by atoms with E-state index in [2.05, 4.69) is 10.4 Å². The number of nitrogens with zero attached hydrogens (tertiary/aromatic N) is 3. The average Bonchev–Trinajstić information content (AvgIpc) is 3.16. The maximum absolute atomic E-state index is 12.5. The minimum Gasteiger partial charge on any atom is -0.462 e. The Hall–Kier alpha value is -3.28. The molecule has 28 heavy (non-hydrogen) atoms. The molecule has 150 valence electrons. The van der Waals surface area contributed by atoms with Gasteiger partial charge in [-0.25, -0.2) is 9.59 Å². The van der Waals surface area contributed by atoms with Gasteiger partial charge in [0.05, 0.1) is 23.7 Å². The molecule has 2 aromatic rings. The molecule has 12 heteroatoms. The Morgan fingerprint density at radius 3 is 2.43 bits per heavy atom. The van der Waals surface area contributed by atoms with Crippen molar-refractivity contribution in [1.82, 2.24) is 9.78 Å². The van der Waals surface area contributed by atoms with E-state index in [-0.39, 0.29) is 34.2 Å². The molecule has 0 bridgehead atoms. The van der Waals surface area contributed by atoms with E-state index in [0.29, 0.717) is 0 Å². The monoisotopic (exact) mass is 410 g/mol. The quantitative estimate of drug-likeness (QED) is 0.416. The van der Waals surface area contributed by atoms with Crippen LogP contribution in [0.2, 0.25) is 0 Å². The van der Waals surface area contributed by atoms with E-state index in [1.165, 1.54) is 14.0 Å². The molecular weight excluding hydrogens is 392 g/mol. The Balaban J connectivity index is 2.47. The molecule has 0 aromatic carbocycles. The first-order chi connectivity index (χ1) is 13.2. The highest BCUT2D eigenvalue weighted by molar-refractivity contribution is 7.18. The van der Waals surface area contributed by atoms with Crippen molar-refractivity contribution in [3.8, 4) is 0 Å². The molecule has 0 spiro atoms. The van der Waals surface area contributed by atoms with E-state index in [9.17, 15) is 24.5 Å². The SMILES string of the molecule is CCOC(=O)c1sc(NC(=O)c2nn(C)cc2[N+](=O)[O-])c(C(=O)OCC)c1C. The summed E-state index contributed by atoms with van der Waals surface area (Å²) in [5.74, 6) is -2.29. The topological polar surface area (TPSA) is 143 Å². The van der Waals surface area contributed by atoms with Gasteiger partial charge in [0.2, 0.25) is 5.69 Å². The van der Waals surface area contributed by atoms with E-state index in [4.69, 9.17) is 9.47 Å². The number of nitrogens with one attached hydrogen (secondary N) is 1. The van der Waals surface area contributed by atoms with E-state index in [1.807, 2.05) is 0 Å². The van der Waals surface area contributed by atoms with Crippen LogP contribution >= 0.6 is 11.3 Å². The summed E-state index contributed by atoms with van der Waals surface area (Å²) in [6.45, 7) is 4.99. The zero-order chi connectivity index (χ0) is 21.0. The van der Waals surface area contributed by atoms with Crippen LogP contribution in [0, 0.1) is 17.0 Å². The molecule has 0 aliphatic carbocycles. The van der Waals surface area contributed by atoms with Gasteiger partial charge in [0, 0.05) is 7.05 Å². The zero-order valence-corrected chi connectivity index (χ0v) is 16.4. The number of carbonyl (C=O) groups excluding carboxylic acids is 3. The molecule has 0 saturated carbocycles. The van der Waals surface area contributed by atoms with Gasteiger partial charge >= 0.3 is 17.6 Å². The first-order valence-corrected chi connectivity index (χ1v) is 8.99. The highest BCUT2D eigenvalue weighted by Crippen LogP contribution is 2.35. The number of rotatable bonds is 7. The zero-order valence-electron chi connectivity index (χ0n) is 15.6. The summed E-state index contributed by atoms with van der Waals surface area (Å²) in [7, 11) is 1.43. The summed E-state index contributed by atoms with van der Waals surface area (Å²) in [5.41, 5.74) is -0.641. The van der Waals surface area contributed by atoms with Crippen LogP contribution in [-0.4, -0.2) is 45.8 Å². The smallest absolute Gasteiger partial charge is 0.348 e. The van der Waals surface area contributed by atoms with Gasteiger partial charge in [0.25, 0.3) is 5.91 Å². The molecule has 0 fully saturated rings. The molecule has 1 N–H and O–H groups in total. The number of ether oxygens (including phenoxy) is 2. The van der Waals surface area contributed by atoms with Gasteiger partial charge in [-0.1, -0.05) is 0 Å². The Labute approximate surface area is 163 Å². The van der Waals surface area contributed by atoms with Gasteiger partial charge in [0.1, 0.15) is 16.1 Å². The molecule has 2 heterocycles. The summed E-state index contributed by atoms with van der Waals surface area (Å²) in [5, 5.41) is 17.3. The Morgan fingerprint density at radius 1 is 1.25 bits per heavy atom. The third-order valence-electron chi connectivity index (χ3n) is 3.54. The first kappa shape index (κ1) is 21.0. The third kappa shape index (κ3) is 4.17. The lowest BCUT2D eigenvalue weighted by atomic mass is 10.1. The second kappa shape index (κ2) is 8.61. The van der Waals surface area contributed by atoms with E-state index >= 15 is 0 Å². The number of aryl methyl sites for hydroxylation is 1. The molecule has 0 atom stereocenters. The van der Waals surface area contributed by atoms with Gasteiger partial charge in [-0.2, -0.15) is 5.10 Å². The van der Waals surface area contributed by atoms with Gasteiger partial charge < -0.3 is 14.8 Å². The van der Waals surface area contributed by atoms with E-state index in [1.54, 1.807) is 13.8 Å². The number of nitro groups is 1. The number of anilines is 1. The van der Waals surface area contributed by atoms with Crippen molar-refractivity contribution in [3.05, 3.63) is 38.0 Å². The largest absolute Gasteiger partial charge is 0.462 e. The van der Waals surface area contributed by atoms with Crippen LogP contribution in [0.5, 0.6) is 0 Å². The Kier molecular flexibility index (Phi) is 6.46. The van der Waals surface area contributed by atoms with Crippen molar-refractivity contribution < 1.29 is 28.8 Å². The summed E-state index contributed by atoms with van der Waals surface area (Å²) in [4.78, 5) is 47.5. The van der Waals surface area contributed by atoms with Crippen molar-refractivity contribution in [3.63, 3.8) is 0 Å². The number of hydrogen-bond donors (Lipinski definition) is 1. The molecule has 2 aromatic heterocycles. The lowest BCUT2D eigenvalue weighted by molar-refractivity contribution is -0.385. The van der Waals surface area contributed by atoms with Gasteiger partial charge in [-0.15, -0.1) is 11.3 Å². The number of amides is 1. The van der Waals surface area contributed by atoms with E-state index in [0.717, 1.165) is 22.2 Å². The van der Waals surface area contributed by atoms with Crippen LogP contribution < -0.4 is 5.32 Å². The molecule has 0 aliphatic rings. The van der Waals surface area contributed by atoms with Crippen LogP contribution in [0.4, 0.5) is 10.7 Å². The Morgan fingerprint density at radius 2 is 1.86 bits per heavy atom. The molecule has 0 saturated heterocycles. The molecule has 1 amide bonds. The minimum absolute atomic E-state index is 0.0122. The van der Waals surface area contributed by atoms with Crippen molar-refractivity contribution in [1.29, 1.82) is 0 Å². The van der Waals surface area contributed by atoms with Crippen LogP contribution in [-0.2, 0) is 16.5 Å². The normalized spacial score (nSPS) is 10.4. The fourth-order valence-corrected chi connectivity index (χ4v) is 3.46. The molecule has 0 radical (unpaired) electrons. The molecule has 0 unspecified atom stereocenters. The number of thiophene rings is 1. The average molecular weight is 410 g/mol. The van der Waals surface area contributed by atoms with Crippen LogP contribution in [0.25, 0.3) is 0 Å². The van der Waals surface area contributed by atoms with Crippen LogP contribution in [0.1, 0.15) is 49.9 Å². The minimum atomic E-state index is -0.894. The van der Waals surface area contributed by atoms with Crippen molar-refractivity contribution in [2.45, 2.75) is 20.8 Å². The maximum atomic E-state index is 12.5. The maximum Gasteiger partial charge on any atom is 0.348 e. The lowest BCUT2D eigenvalue weighted by Crippen LogP contribution is -2.16. The highest BCUT2D eigenvalue weighted by atomic mass is 32.1. The van der Waals surface area contributed by atoms with E-state index < -0.39 is 34.2 Å². The summed E-state index contributed by atoms with van der Waals surface area (Å²) >= 11 is 0.821. The number of esters is 2. The third-order valence-corrected chi connectivity index (χ3v) is 4.72. The molecule has 0 aliphatic heterocycles. The summed E-state index contributed by atoms with van der Waals surface area (Å²) in [6.07, 6.45) is 1.09. The number of carbonyl (C=O) groups is 3. The predicted octanol–water partition coefficient (Wildman–Crippen LogP) is 2.30. The van der Waals surface area contributed by atoms with Crippen LogP contribution in [0.3, 0.4) is 0 Å². The Bertz CT molecular complexity index is 947. The second-order valence-electron chi connectivity index (χ2n) is 5.45. The summed E-state index contributed by atoms with van der Waals surface area (Å²) in [6, 6.07) is 0. The van der Waals surface area contributed by atoms with Crippen molar-refractivity contribution >= 4 is 39.9 Å². The van der Waals surface area contributed by atoms with Gasteiger partial charge in [-0.3, -0.25) is 19.6 Å². The fraction of sp³-hybridized carbons (Fsp3) is 0.375. The standard InChI is InChI=1S/C16H18N4O7S/c1-5-26-15(22)10-8(3)12(16(23)27-6-2)28-14(10)17-13(21)11-9(20(24)25)7-19(4)18-11/h7H,5-6H2,1-4H3,(H,17,21). The second-order valence-corrected chi connectivity index (χ2v) is 6.47. The fourth-order valence-electron chi connectivity index (χ4n) is 2.38. The van der Waals surface area contributed by atoms with Gasteiger partial charge in [0.15, 0.2) is 0 Å². The predicted molar refractivity (Wildman–Crippen MR) is 98.8 cm³/mol. The summed E-state index contributed by atoms with van der Waals surface area (Å²) < 4.78 is 11.1. The first-order valence-electron chi connectivity index (χ1n) is 8.18. The molecule has 11 nitrogen and oxygen atoms in total. The lowest BCUT2D eigenvalue weighted by Gasteiger charge is -2.06. The van der Waals surface area contributed by atoms with Gasteiger partial charge in [-0.05, 0) is 26.3 Å². The molecule has 2 rings (SSSR count). The number of hydrogen-bond acceptors (Lipinski definition) is 9. The molecular formula is C16H18N4O7S. The van der Waals surface area contributed by atoms with Crippen molar-refractivity contribution in [2.75, 3.05) is 18.5 Å². The van der Waals surface area contributed by atoms with Crippen LogP contribution in [0.15, 0.2) is 6.20 Å². The van der Waals surface area contributed by atoms with Crippen molar-refractivity contribution in [2.24, 2.45) is 7.05 Å². The number of aromatic nitrogens is 2. The highest BCUT2D eigenvalue weighted by Gasteiger charge is 2.30.